The van der Waals surface area contributed by atoms with Crippen LogP contribution in [0.2, 0.25) is 0 Å². The lowest BCUT2D eigenvalue weighted by Crippen LogP contribution is -2.17. The number of halogens is 1. The number of benzene rings is 1. The summed E-state index contributed by atoms with van der Waals surface area (Å²) < 4.78 is 36.9. The number of nitrogens with zero attached hydrogens (tertiary/aromatic N) is 2. The maximum Gasteiger partial charge on any atom is 0.256 e. The fourth-order valence-corrected chi connectivity index (χ4v) is 2.23. The van der Waals surface area contributed by atoms with Gasteiger partial charge in [0.25, 0.3) is 5.91 Å². The maximum absolute atomic E-state index is 13.0. The van der Waals surface area contributed by atoms with Gasteiger partial charge in [0.1, 0.15) is 10.7 Å². The van der Waals surface area contributed by atoms with E-state index in [2.05, 4.69) is 10.4 Å². The highest BCUT2D eigenvalue weighted by Gasteiger charge is 2.20. The summed E-state index contributed by atoms with van der Waals surface area (Å²) in [5, 5.41) is 11.1. The average molecular weight is 298 g/mol. The fraction of sp³-hybridized carbons (Fsp3) is 0.0909. The Bertz CT molecular complexity index is 770. The van der Waals surface area contributed by atoms with Crippen molar-refractivity contribution < 1.29 is 17.6 Å². The zero-order chi connectivity index (χ0) is 14.9. The number of sulfonamides is 1. The lowest BCUT2D eigenvalue weighted by atomic mass is 10.2. The van der Waals surface area contributed by atoms with Gasteiger partial charge in [-0.25, -0.2) is 17.9 Å². The molecule has 0 aliphatic rings. The van der Waals surface area contributed by atoms with Gasteiger partial charge in [0.2, 0.25) is 10.0 Å². The van der Waals surface area contributed by atoms with E-state index < -0.39 is 21.7 Å². The maximum atomic E-state index is 13.0. The first-order chi connectivity index (χ1) is 9.27. The molecule has 106 valence electrons. The molecule has 0 aliphatic carbocycles. The average Bonchev–Trinajstić information content (AvgIpc) is 2.70. The molecule has 20 heavy (non-hydrogen) atoms. The van der Waals surface area contributed by atoms with Crippen LogP contribution in [0.15, 0.2) is 35.4 Å². The number of rotatable bonds is 3. The SMILES string of the molecule is Cn1cc(S(N)(=O)=O)c(NC(=O)c2cccc(F)c2)n1. The molecule has 9 heteroatoms. The number of nitrogens with two attached hydrogens (primary N) is 1. The molecular weight excluding hydrogens is 287 g/mol. The molecule has 0 radical (unpaired) electrons. The summed E-state index contributed by atoms with van der Waals surface area (Å²) in [4.78, 5) is 11.6. The van der Waals surface area contributed by atoms with Crippen molar-refractivity contribution in [3.63, 3.8) is 0 Å². The summed E-state index contributed by atoms with van der Waals surface area (Å²) in [5.41, 5.74) is 0.0380. The first-order valence-corrected chi connectivity index (χ1v) is 6.95. The fourth-order valence-electron chi connectivity index (χ4n) is 1.57. The molecule has 2 rings (SSSR count). The topological polar surface area (TPSA) is 107 Å². The second-order valence-electron chi connectivity index (χ2n) is 4.03. The molecular formula is C11H11FN4O3S. The highest BCUT2D eigenvalue weighted by molar-refractivity contribution is 7.89. The van der Waals surface area contributed by atoms with E-state index in [9.17, 15) is 17.6 Å². The number of anilines is 1. The Labute approximate surface area is 114 Å². The van der Waals surface area contributed by atoms with Crippen molar-refractivity contribution in [2.45, 2.75) is 4.90 Å². The number of nitrogens with one attached hydrogen (secondary N) is 1. The lowest BCUT2D eigenvalue weighted by molar-refractivity contribution is 0.102. The quantitative estimate of drug-likeness (QED) is 0.858. The van der Waals surface area contributed by atoms with Crippen LogP contribution in [0.25, 0.3) is 0 Å². The molecule has 3 N–H and O–H groups in total. The third-order valence-corrected chi connectivity index (χ3v) is 3.33. The Kier molecular flexibility index (Phi) is 3.55. The summed E-state index contributed by atoms with van der Waals surface area (Å²) >= 11 is 0. The van der Waals surface area contributed by atoms with Crippen molar-refractivity contribution >= 4 is 21.7 Å². The molecule has 0 saturated carbocycles. The molecule has 0 spiro atoms. The third-order valence-electron chi connectivity index (χ3n) is 2.42. The number of aromatic nitrogens is 2. The van der Waals surface area contributed by atoms with E-state index in [4.69, 9.17) is 5.14 Å². The summed E-state index contributed by atoms with van der Waals surface area (Å²) in [6.45, 7) is 0. The predicted molar refractivity (Wildman–Crippen MR) is 68.9 cm³/mol. The van der Waals surface area contributed by atoms with E-state index in [1.807, 2.05) is 0 Å². The highest BCUT2D eigenvalue weighted by atomic mass is 32.2. The molecule has 2 aromatic rings. The minimum absolute atomic E-state index is 0.0380. The Morgan fingerprint density at radius 1 is 1.45 bits per heavy atom. The normalized spacial score (nSPS) is 11.3. The molecule has 0 atom stereocenters. The molecule has 7 nitrogen and oxygen atoms in total. The molecule has 0 aliphatic heterocycles. The molecule has 0 unspecified atom stereocenters. The summed E-state index contributed by atoms with van der Waals surface area (Å²) in [6, 6.07) is 4.96. The van der Waals surface area contributed by atoms with Gasteiger partial charge in [0, 0.05) is 18.8 Å². The van der Waals surface area contributed by atoms with Crippen LogP contribution < -0.4 is 10.5 Å². The second-order valence-corrected chi connectivity index (χ2v) is 5.55. The van der Waals surface area contributed by atoms with Crippen molar-refractivity contribution in [1.29, 1.82) is 0 Å². The summed E-state index contributed by atoms with van der Waals surface area (Å²) in [6.07, 6.45) is 1.16. The van der Waals surface area contributed by atoms with E-state index in [0.717, 1.165) is 12.3 Å². The Hall–Kier alpha value is -2.26. The van der Waals surface area contributed by atoms with Gasteiger partial charge in [-0.15, -0.1) is 0 Å². The van der Waals surface area contributed by atoms with Gasteiger partial charge >= 0.3 is 0 Å². The number of carbonyl (C=O) groups is 1. The molecule has 0 saturated heterocycles. The van der Waals surface area contributed by atoms with E-state index >= 15 is 0 Å². The van der Waals surface area contributed by atoms with E-state index in [1.54, 1.807) is 0 Å². The molecule has 1 amide bonds. The minimum atomic E-state index is -4.02. The van der Waals surface area contributed by atoms with Crippen LogP contribution in [0, 0.1) is 5.82 Å². The predicted octanol–water partition coefficient (Wildman–Crippen LogP) is 0.459. The number of primary sulfonamides is 1. The number of carbonyl (C=O) groups excluding carboxylic acids is 1. The Morgan fingerprint density at radius 3 is 2.75 bits per heavy atom. The van der Waals surface area contributed by atoms with Crippen LogP contribution in [0.5, 0.6) is 0 Å². The molecule has 1 aromatic carbocycles. The molecule has 0 fully saturated rings. The number of aryl methyl sites for hydroxylation is 1. The van der Waals surface area contributed by atoms with E-state index in [1.165, 1.54) is 29.9 Å². The van der Waals surface area contributed by atoms with Crippen molar-refractivity contribution in [3.8, 4) is 0 Å². The summed E-state index contributed by atoms with van der Waals surface area (Å²) in [7, 11) is -2.54. The largest absolute Gasteiger partial charge is 0.304 e. The number of amides is 1. The van der Waals surface area contributed by atoms with Crippen molar-refractivity contribution in [3.05, 3.63) is 41.8 Å². The van der Waals surface area contributed by atoms with Crippen LogP contribution in [-0.4, -0.2) is 24.1 Å². The van der Waals surface area contributed by atoms with E-state index in [0.29, 0.717) is 0 Å². The van der Waals surface area contributed by atoms with E-state index in [-0.39, 0.29) is 16.3 Å². The Morgan fingerprint density at radius 2 is 2.15 bits per heavy atom. The van der Waals surface area contributed by atoms with Gasteiger partial charge in [-0.3, -0.25) is 9.48 Å². The minimum Gasteiger partial charge on any atom is -0.304 e. The Balaban J connectivity index is 2.34. The van der Waals surface area contributed by atoms with Gasteiger partial charge in [-0.1, -0.05) is 6.07 Å². The standard InChI is InChI=1S/C11H11FN4O3S/c1-16-6-9(20(13,18)19)10(15-16)14-11(17)7-3-2-4-8(12)5-7/h2-6H,1H3,(H2,13,18,19)(H,14,15,17). The molecule has 1 aromatic heterocycles. The smallest absolute Gasteiger partial charge is 0.256 e. The van der Waals surface area contributed by atoms with Gasteiger partial charge in [0.05, 0.1) is 0 Å². The van der Waals surface area contributed by atoms with Gasteiger partial charge in [-0.05, 0) is 18.2 Å². The van der Waals surface area contributed by atoms with Crippen molar-refractivity contribution in [1.82, 2.24) is 9.78 Å². The van der Waals surface area contributed by atoms with Crippen molar-refractivity contribution in [2.24, 2.45) is 12.2 Å². The molecule has 1 heterocycles. The monoisotopic (exact) mass is 298 g/mol. The van der Waals surface area contributed by atoms with Gasteiger partial charge in [0.15, 0.2) is 5.82 Å². The highest BCUT2D eigenvalue weighted by Crippen LogP contribution is 2.18. The zero-order valence-electron chi connectivity index (χ0n) is 10.4. The summed E-state index contributed by atoms with van der Waals surface area (Å²) in [5.74, 6) is -1.47. The van der Waals surface area contributed by atoms with Gasteiger partial charge in [-0.2, -0.15) is 5.10 Å². The van der Waals surface area contributed by atoms with Crippen LogP contribution in [0.4, 0.5) is 10.2 Å². The molecule has 0 bridgehead atoms. The van der Waals surface area contributed by atoms with Crippen LogP contribution in [-0.2, 0) is 17.1 Å². The van der Waals surface area contributed by atoms with Crippen LogP contribution in [0.3, 0.4) is 0 Å². The zero-order valence-corrected chi connectivity index (χ0v) is 11.2. The van der Waals surface area contributed by atoms with Crippen molar-refractivity contribution in [2.75, 3.05) is 5.32 Å². The van der Waals surface area contributed by atoms with Gasteiger partial charge < -0.3 is 5.32 Å². The lowest BCUT2D eigenvalue weighted by Gasteiger charge is -2.04. The second kappa shape index (κ2) is 5.02. The van der Waals surface area contributed by atoms with Crippen LogP contribution >= 0.6 is 0 Å². The first-order valence-electron chi connectivity index (χ1n) is 5.41. The third kappa shape index (κ3) is 3.00. The van der Waals surface area contributed by atoms with Crippen LogP contribution in [0.1, 0.15) is 10.4 Å². The number of hydrogen-bond donors (Lipinski definition) is 2. The first kappa shape index (κ1) is 14.2. The number of hydrogen-bond acceptors (Lipinski definition) is 4.